The third-order valence-corrected chi connectivity index (χ3v) is 6.87. The third-order valence-electron chi connectivity index (χ3n) is 6.87. The third kappa shape index (κ3) is 6.08. The van der Waals surface area contributed by atoms with Crippen molar-refractivity contribution in [3.8, 4) is 44.5 Å². The Hall–Kier alpha value is -6.02. The molecule has 0 radical (unpaired) electrons. The summed E-state index contributed by atoms with van der Waals surface area (Å²) >= 11 is 0. The van der Waals surface area contributed by atoms with Crippen molar-refractivity contribution in [2.45, 2.75) is 0 Å². The molecular weight excluding hydrogens is 528 g/mol. The Morgan fingerprint density at radius 2 is 0.500 bits per heavy atom. The summed E-state index contributed by atoms with van der Waals surface area (Å²) in [7, 11) is 0. The fourth-order valence-corrected chi connectivity index (χ4v) is 4.82. The monoisotopic (exact) mass is 554 g/mol. The fourth-order valence-electron chi connectivity index (χ4n) is 4.82. The van der Waals surface area contributed by atoms with E-state index >= 15 is 0 Å². The van der Waals surface area contributed by atoms with Gasteiger partial charge in [-0.15, -0.1) is 0 Å². The van der Waals surface area contributed by atoms with Crippen molar-refractivity contribution in [1.29, 1.82) is 0 Å². The standard InChI is InChI=1S/C34H26N4O4/c39-35-19-23-1-9-27(10-2-23)31-17-33(29-13-5-25(6-14-29)21-37-41)34(30-15-7-26(8-16-30)22-38-42)18-32(31)28-11-3-24(4-12-28)20-36-40/h1-22,39-42H. The molecule has 42 heavy (non-hydrogen) atoms. The van der Waals surface area contributed by atoms with E-state index in [0.717, 1.165) is 66.8 Å². The molecule has 0 aliphatic rings. The van der Waals surface area contributed by atoms with Crippen LogP contribution in [0.3, 0.4) is 0 Å². The lowest BCUT2D eigenvalue weighted by Gasteiger charge is -2.19. The van der Waals surface area contributed by atoms with Gasteiger partial charge in [-0.1, -0.05) is 118 Å². The molecule has 0 aliphatic heterocycles. The van der Waals surface area contributed by atoms with E-state index in [2.05, 4.69) is 32.8 Å². The predicted molar refractivity (Wildman–Crippen MR) is 166 cm³/mol. The number of oxime groups is 4. The zero-order valence-corrected chi connectivity index (χ0v) is 22.3. The number of hydrogen-bond donors (Lipinski definition) is 4. The van der Waals surface area contributed by atoms with Crippen molar-refractivity contribution in [1.82, 2.24) is 0 Å². The first-order valence-electron chi connectivity index (χ1n) is 12.9. The molecule has 0 saturated heterocycles. The lowest BCUT2D eigenvalue weighted by molar-refractivity contribution is 0.321. The molecule has 5 aromatic carbocycles. The number of hydrogen-bond acceptors (Lipinski definition) is 8. The summed E-state index contributed by atoms with van der Waals surface area (Å²) in [4.78, 5) is 0. The Morgan fingerprint density at radius 1 is 0.310 bits per heavy atom. The molecule has 0 bridgehead atoms. The van der Waals surface area contributed by atoms with Gasteiger partial charge in [-0.2, -0.15) is 0 Å². The van der Waals surface area contributed by atoms with E-state index in [-0.39, 0.29) is 0 Å². The number of rotatable bonds is 8. The highest BCUT2D eigenvalue weighted by molar-refractivity contribution is 5.96. The molecule has 0 spiro atoms. The molecule has 0 fully saturated rings. The predicted octanol–water partition coefficient (Wildman–Crippen LogP) is 7.59. The summed E-state index contributed by atoms with van der Waals surface area (Å²) < 4.78 is 0. The second-order valence-corrected chi connectivity index (χ2v) is 9.41. The maximum atomic E-state index is 8.96. The first-order valence-corrected chi connectivity index (χ1v) is 12.9. The molecule has 0 aliphatic carbocycles. The summed E-state index contributed by atoms with van der Waals surface area (Å²) in [6.07, 6.45) is 5.51. The minimum atomic E-state index is 0.764. The maximum Gasteiger partial charge on any atom is 0.0733 e. The van der Waals surface area contributed by atoms with Gasteiger partial charge in [-0.3, -0.25) is 0 Å². The normalized spacial score (nSPS) is 11.8. The van der Waals surface area contributed by atoms with Gasteiger partial charge < -0.3 is 20.8 Å². The molecule has 5 aromatic rings. The Bertz CT molecular complexity index is 1510. The van der Waals surface area contributed by atoms with Crippen LogP contribution >= 0.6 is 0 Å². The van der Waals surface area contributed by atoms with Crippen molar-refractivity contribution in [2.75, 3.05) is 0 Å². The SMILES string of the molecule is ON=Cc1ccc(-c2cc(-c3ccc(C=NO)cc3)c(-c3ccc(C=NO)cc3)cc2-c2ccc(C=NO)cc2)cc1. The Morgan fingerprint density at radius 3 is 0.667 bits per heavy atom. The molecule has 8 heteroatoms. The highest BCUT2D eigenvalue weighted by atomic mass is 16.4. The van der Waals surface area contributed by atoms with Gasteiger partial charge in [0.25, 0.3) is 0 Å². The molecule has 0 atom stereocenters. The van der Waals surface area contributed by atoms with Crippen LogP contribution in [0.15, 0.2) is 130 Å². The van der Waals surface area contributed by atoms with Crippen molar-refractivity contribution >= 4 is 24.9 Å². The molecule has 8 nitrogen and oxygen atoms in total. The van der Waals surface area contributed by atoms with Crippen LogP contribution in [0.1, 0.15) is 22.3 Å². The van der Waals surface area contributed by atoms with Crippen molar-refractivity contribution < 1.29 is 20.8 Å². The summed E-state index contributed by atoms with van der Waals surface area (Å²) in [5.41, 5.74) is 10.8. The van der Waals surface area contributed by atoms with E-state index in [9.17, 15) is 0 Å². The molecule has 0 heterocycles. The second kappa shape index (κ2) is 12.9. The summed E-state index contributed by atoms with van der Waals surface area (Å²) in [5.74, 6) is 0. The van der Waals surface area contributed by atoms with Crippen LogP contribution in [0.2, 0.25) is 0 Å². The van der Waals surface area contributed by atoms with Crippen molar-refractivity contribution in [3.05, 3.63) is 131 Å². The topological polar surface area (TPSA) is 130 Å². The largest absolute Gasteiger partial charge is 0.411 e. The molecule has 0 saturated carbocycles. The van der Waals surface area contributed by atoms with Gasteiger partial charge >= 0.3 is 0 Å². The van der Waals surface area contributed by atoms with Crippen molar-refractivity contribution in [2.24, 2.45) is 20.6 Å². The average molecular weight is 555 g/mol. The maximum absolute atomic E-state index is 8.96. The fraction of sp³-hybridized carbons (Fsp3) is 0. The first-order chi connectivity index (χ1) is 20.6. The van der Waals surface area contributed by atoms with Gasteiger partial charge in [0.1, 0.15) is 0 Å². The highest BCUT2D eigenvalue weighted by Crippen LogP contribution is 2.42. The lowest BCUT2D eigenvalue weighted by atomic mass is 9.85. The van der Waals surface area contributed by atoms with E-state index in [1.54, 1.807) is 0 Å². The first kappa shape index (κ1) is 27.5. The van der Waals surface area contributed by atoms with Gasteiger partial charge in [0, 0.05) is 0 Å². The van der Waals surface area contributed by atoms with Gasteiger partial charge in [-0.25, -0.2) is 0 Å². The second-order valence-electron chi connectivity index (χ2n) is 9.41. The molecule has 206 valence electrons. The zero-order chi connectivity index (χ0) is 29.3. The Balaban J connectivity index is 1.77. The molecule has 5 rings (SSSR count). The van der Waals surface area contributed by atoms with Crippen LogP contribution < -0.4 is 0 Å². The van der Waals surface area contributed by atoms with E-state index < -0.39 is 0 Å². The van der Waals surface area contributed by atoms with Crippen LogP contribution in [0.5, 0.6) is 0 Å². The minimum Gasteiger partial charge on any atom is -0.411 e. The van der Waals surface area contributed by atoms with Gasteiger partial charge in [0.2, 0.25) is 0 Å². The molecule has 0 aromatic heterocycles. The van der Waals surface area contributed by atoms with E-state index in [1.165, 1.54) is 24.9 Å². The highest BCUT2D eigenvalue weighted by Gasteiger charge is 2.16. The van der Waals surface area contributed by atoms with Crippen LogP contribution in [-0.2, 0) is 0 Å². The van der Waals surface area contributed by atoms with E-state index in [1.807, 2.05) is 97.1 Å². The van der Waals surface area contributed by atoms with Gasteiger partial charge in [0.15, 0.2) is 0 Å². The quantitative estimate of drug-likeness (QED) is 0.0894. The molecular formula is C34H26N4O4. The molecule has 0 unspecified atom stereocenters. The smallest absolute Gasteiger partial charge is 0.0733 e. The Kier molecular flexibility index (Phi) is 8.45. The average Bonchev–Trinajstić information content (AvgIpc) is 3.03. The minimum absolute atomic E-state index is 0.764. The van der Waals surface area contributed by atoms with Crippen LogP contribution in [0, 0.1) is 0 Å². The number of nitrogens with zero attached hydrogens (tertiary/aromatic N) is 4. The summed E-state index contributed by atoms with van der Waals surface area (Å²) in [5, 5.41) is 48.4. The molecule has 0 amide bonds. The van der Waals surface area contributed by atoms with Gasteiger partial charge in [0.05, 0.1) is 24.9 Å². The van der Waals surface area contributed by atoms with Gasteiger partial charge in [-0.05, 0) is 78.9 Å². The van der Waals surface area contributed by atoms with E-state index in [0.29, 0.717) is 0 Å². The Labute approximate surface area is 242 Å². The summed E-state index contributed by atoms with van der Waals surface area (Å²) in [6.45, 7) is 0. The van der Waals surface area contributed by atoms with Crippen LogP contribution in [0.25, 0.3) is 44.5 Å². The number of benzene rings is 5. The van der Waals surface area contributed by atoms with Crippen molar-refractivity contribution in [3.63, 3.8) is 0 Å². The molecule has 4 N–H and O–H groups in total. The van der Waals surface area contributed by atoms with E-state index in [4.69, 9.17) is 20.8 Å². The van der Waals surface area contributed by atoms with Crippen LogP contribution in [-0.4, -0.2) is 45.7 Å². The zero-order valence-electron chi connectivity index (χ0n) is 22.3. The lowest BCUT2D eigenvalue weighted by Crippen LogP contribution is -1.94. The van der Waals surface area contributed by atoms with Crippen LogP contribution in [0.4, 0.5) is 0 Å². The summed E-state index contributed by atoms with van der Waals surface area (Å²) in [6, 6.07) is 35.3.